The highest BCUT2D eigenvalue weighted by Crippen LogP contribution is 2.30. The van der Waals surface area contributed by atoms with Crippen LogP contribution in [0.2, 0.25) is 0 Å². The smallest absolute Gasteiger partial charge is 0.0937 e. The van der Waals surface area contributed by atoms with Crippen LogP contribution in [0, 0.1) is 0 Å². The van der Waals surface area contributed by atoms with E-state index in [1.54, 1.807) is 6.20 Å². The topological polar surface area (TPSA) is 38.9 Å². The minimum absolute atomic E-state index is 0.712. The summed E-state index contributed by atoms with van der Waals surface area (Å²) >= 11 is 0. The Morgan fingerprint density at radius 3 is 2.53 bits per heavy atom. The average Bonchev–Trinajstić information content (AvgIpc) is 2.39. The van der Waals surface area contributed by atoms with Crippen molar-refractivity contribution in [3.05, 3.63) is 60.8 Å². The summed E-state index contributed by atoms with van der Waals surface area (Å²) in [6, 6.07) is 18.2. The Morgan fingerprint density at radius 1 is 0.824 bits per heavy atom. The van der Waals surface area contributed by atoms with Gasteiger partial charge in [0, 0.05) is 11.8 Å². The Kier molecular flexibility index (Phi) is 2.26. The molecular formula is C15H12N2. The lowest BCUT2D eigenvalue weighted by Crippen LogP contribution is -1.93. The zero-order chi connectivity index (χ0) is 11.7. The van der Waals surface area contributed by atoms with Crippen molar-refractivity contribution in [2.75, 3.05) is 5.73 Å². The fourth-order valence-electron chi connectivity index (χ4n) is 2.07. The fraction of sp³-hybridized carbons (Fsp3) is 0. The van der Waals surface area contributed by atoms with Gasteiger partial charge in [0.15, 0.2) is 0 Å². The SMILES string of the molecule is Nc1cccnc1-c1cccc2ccccc12. The van der Waals surface area contributed by atoms with Gasteiger partial charge in [0.1, 0.15) is 0 Å². The monoisotopic (exact) mass is 220 g/mol. The molecule has 3 rings (SSSR count). The maximum absolute atomic E-state index is 5.98. The molecule has 2 aromatic carbocycles. The van der Waals surface area contributed by atoms with Crippen LogP contribution in [0.1, 0.15) is 0 Å². The van der Waals surface area contributed by atoms with E-state index in [0.29, 0.717) is 5.69 Å². The minimum Gasteiger partial charge on any atom is -0.397 e. The van der Waals surface area contributed by atoms with E-state index in [0.717, 1.165) is 11.3 Å². The molecule has 3 aromatic rings. The predicted octanol–water partition coefficient (Wildman–Crippen LogP) is 3.48. The van der Waals surface area contributed by atoms with E-state index in [1.807, 2.05) is 30.3 Å². The first-order valence-corrected chi connectivity index (χ1v) is 5.55. The van der Waals surface area contributed by atoms with Crippen molar-refractivity contribution in [2.24, 2.45) is 0 Å². The molecule has 2 N–H and O–H groups in total. The molecule has 1 heterocycles. The normalized spacial score (nSPS) is 10.6. The number of nitrogen functional groups attached to an aromatic ring is 1. The molecule has 17 heavy (non-hydrogen) atoms. The molecule has 0 amide bonds. The molecule has 0 saturated carbocycles. The quantitative estimate of drug-likeness (QED) is 0.681. The first-order valence-electron chi connectivity index (χ1n) is 5.55. The van der Waals surface area contributed by atoms with Crippen molar-refractivity contribution < 1.29 is 0 Å². The van der Waals surface area contributed by atoms with Crippen molar-refractivity contribution in [1.29, 1.82) is 0 Å². The fourth-order valence-corrected chi connectivity index (χ4v) is 2.07. The largest absolute Gasteiger partial charge is 0.397 e. The second-order valence-electron chi connectivity index (χ2n) is 3.97. The van der Waals surface area contributed by atoms with E-state index < -0.39 is 0 Å². The van der Waals surface area contributed by atoms with Gasteiger partial charge >= 0.3 is 0 Å². The highest BCUT2D eigenvalue weighted by Gasteiger charge is 2.06. The number of benzene rings is 2. The van der Waals surface area contributed by atoms with E-state index in [4.69, 9.17) is 5.73 Å². The number of aromatic nitrogens is 1. The zero-order valence-corrected chi connectivity index (χ0v) is 9.30. The van der Waals surface area contributed by atoms with Crippen LogP contribution in [-0.2, 0) is 0 Å². The van der Waals surface area contributed by atoms with E-state index in [-0.39, 0.29) is 0 Å². The molecule has 2 nitrogen and oxygen atoms in total. The van der Waals surface area contributed by atoms with Crippen LogP contribution in [0.15, 0.2) is 60.8 Å². The van der Waals surface area contributed by atoms with Crippen LogP contribution in [-0.4, -0.2) is 4.98 Å². The predicted molar refractivity (Wildman–Crippen MR) is 71.6 cm³/mol. The summed E-state index contributed by atoms with van der Waals surface area (Å²) in [6.07, 6.45) is 1.77. The molecule has 0 aliphatic heterocycles. The van der Waals surface area contributed by atoms with Crippen LogP contribution in [0.4, 0.5) is 5.69 Å². The number of rotatable bonds is 1. The first-order chi connectivity index (χ1) is 8.36. The lowest BCUT2D eigenvalue weighted by Gasteiger charge is -2.07. The van der Waals surface area contributed by atoms with E-state index in [9.17, 15) is 0 Å². The summed E-state index contributed by atoms with van der Waals surface area (Å²) < 4.78 is 0. The molecule has 0 radical (unpaired) electrons. The third-order valence-electron chi connectivity index (χ3n) is 2.88. The molecular weight excluding hydrogens is 208 g/mol. The second kappa shape index (κ2) is 3.91. The number of nitrogens with zero attached hydrogens (tertiary/aromatic N) is 1. The number of fused-ring (bicyclic) bond motifs is 1. The third kappa shape index (κ3) is 1.64. The van der Waals surface area contributed by atoms with Crippen LogP contribution < -0.4 is 5.73 Å². The van der Waals surface area contributed by atoms with Crippen LogP contribution in [0.3, 0.4) is 0 Å². The summed E-state index contributed by atoms with van der Waals surface area (Å²) in [5.74, 6) is 0. The standard InChI is InChI=1S/C15H12N2/c16-14-9-4-10-17-15(14)13-8-3-6-11-5-1-2-7-12(11)13/h1-10H,16H2. The number of hydrogen-bond donors (Lipinski definition) is 1. The molecule has 0 atom stereocenters. The van der Waals surface area contributed by atoms with E-state index in [2.05, 4.69) is 29.2 Å². The maximum Gasteiger partial charge on any atom is 0.0937 e. The highest BCUT2D eigenvalue weighted by atomic mass is 14.7. The van der Waals surface area contributed by atoms with Crippen molar-refractivity contribution >= 4 is 16.5 Å². The van der Waals surface area contributed by atoms with Gasteiger partial charge in [-0.2, -0.15) is 0 Å². The Morgan fingerprint density at radius 2 is 1.65 bits per heavy atom. The van der Waals surface area contributed by atoms with Gasteiger partial charge < -0.3 is 5.73 Å². The molecule has 0 spiro atoms. The Labute approximate surface area is 99.7 Å². The van der Waals surface area contributed by atoms with Gasteiger partial charge in [0.2, 0.25) is 0 Å². The summed E-state index contributed by atoms with van der Waals surface area (Å²) in [5, 5.41) is 2.38. The van der Waals surface area contributed by atoms with Crippen molar-refractivity contribution in [1.82, 2.24) is 4.98 Å². The molecule has 82 valence electrons. The van der Waals surface area contributed by atoms with Gasteiger partial charge in [-0.05, 0) is 22.9 Å². The second-order valence-corrected chi connectivity index (χ2v) is 3.97. The maximum atomic E-state index is 5.98. The lowest BCUT2D eigenvalue weighted by atomic mass is 10.0. The molecule has 1 aromatic heterocycles. The number of nitrogens with two attached hydrogens (primary N) is 1. The van der Waals surface area contributed by atoms with Gasteiger partial charge in [0.25, 0.3) is 0 Å². The molecule has 0 aliphatic rings. The summed E-state index contributed by atoms with van der Waals surface area (Å²) in [4.78, 5) is 4.37. The number of pyridine rings is 1. The van der Waals surface area contributed by atoms with Crippen LogP contribution in [0.25, 0.3) is 22.0 Å². The van der Waals surface area contributed by atoms with E-state index in [1.165, 1.54) is 10.8 Å². The molecule has 0 bridgehead atoms. The molecule has 0 unspecified atom stereocenters. The minimum atomic E-state index is 0.712. The van der Waals surface area contributed by atoms with Crippen LogP contribution in [0.5, 0.6) is 0 Å². The number of hydrogen-bond acceptors (Lipinski definition) is 2. The zero-order valence-electron chi connectivity index (χ0n) is 9.30. The van der Waals surface area contributed by atoms with Gasteiger partial charge in [-0.15, -0.1) is 0 Å². The Bertz CT molecular complexity index is 669. The molecule has 0 fully saturated rings. The number of anilines is 1. The van der Waals surface area contributed by atoms with Crippen LogP contribution >= 0.6 is 0 Å². The summed E-state index contributed by atoms with van der Waals surface area (Å²) in [7, 11) is 0. The molecule has 0 aliphatic carbocycles. The van der Waals surface area contributed by atoms with E-state index >= 15 is 0 Å². The van der Waals surface area contributed by atoms with Crippen molar-refractivity contribution in [3.8, 4) is 11.3 Å². The Hall–Kier alpha value is -2.35. The van der Waals surface area contributed by atoms with Gasteiger partial charge in [-0.3, -0.25) is 4.98 Å². The van der Waals surface area contributed by atoms with Gasteiger partial charge in [0.05, 0.1) is 11.4 Å². The molecule has 0 saturated heterocycles. The average molecular weight is 220 g/mol. The summed E-state index contributed by atoms with van der Waals surface area (Å²) in [6.45, 7) is 0. The highest BCUT2D eigenvalue weighted by molar-refractivity contribution is 5.97. The van der Waals surface area contributed by atoms with Gasteiger partial charge in [-0.1, -0.05) is 42.5 Å². The lowest BCUT2D eigenvalue weighted by molar-refractivity contribution is 1.34. The molecule has 2 heteroatoms. The summed E-state index contributed by atoms with van der Waals surface area (Å²) in [5.41, 5.74) is 8.63. The third-order valence-corrected chi connectivity index (χ3v) is 2.88. The first kappa shape index (κ1) is 9.85. The van der Waals surface area contributed by atoms with Gasteiger partial charge in [-0.25, -0.2) is 0 Å². The Balaban J connectivity index is 2.35. The van der Waals surface area contributed by atoms with Crippen molar-refractivity contribution in [2.45, 2.75) is 0 Å². The van der Waals surface area contributed by atoms with Crippen molar-refractivity contribution in [3.63, 3.8) is 0 Å².